The smallest absolute Gasteiger partial charge is 0.135 e. The Morgan fingerprint density at radius 3 is 1.20 bits per heavy atom. The van der Waals surface area contributed by atoms with Gasteiger partial charge in [-0.3, -0.25) is 14.4 Å². The van der Waals surface area contributed by atoms with E-state index < -0.39 is 0 Å². The lowest BCUT2D eigenvalue weighted by Crippen LogP contribution is -2.21. The van der Waals surface area contributed by atoms with Crippen LogP contribution >= 0.6 is 0 Å². The van der Waals surface area contributed by atoms with Crippen LogP contribution in [0.25, 0.3) is 0 Å². The van der Waals surface area contributed by atoms with Crippen molar-refractivity contribution < 1.29 is 14.4 Å². The summed E-state index contributed by atoms with van der Waals surface area (Å²) in [7, 11) is 0. The number of aryl methyl sites for hydroxylation is 2. The fraction of sp³-hybridized carbons (Fsp3) is 0.634. The summed E-state index contributed by atoms with van der Waals surface area (Å²) in [4.78, 5) is 37.7. The minimum absolute atomic E-state index is 0.286. The van der Waals surface area contributed by atoms with Crippen molar-refractivity contribution in [2.24, 2.45) is 11.8 Å². The van der Waals surface area contributed by atoms with Gasteiger partial charge < -0.3 is 0 Å². The van der Waals surface area contributed by atoms with E-state index in [1.807, 2.05) is 0 Å². The monoisotopic (exact) mass is 598 g/mol. The quantitative estimate of drug-likeness (QED) is 0.160. The SMILES string of the molecule is CCCCCC(=O)C1CCC(c2ccc(CCC(=O)CCc3ccc(C4CCC(C(=O)CCCCC)CC4)cc3)cc2)CC1. The van der Waals surface area contributed by atoms with Crippen molar-refractivity contribution in [1.29, 1.82) is 0 Å². The van der Waals surface area contributed by atoms with E-state index in [-0.39, 0.29) is 11.8 Å². The van der Waals surface area contributed by atoms with E-state index in [4.69, 9.17) is 0 Å². The second-order valence-electron chi connectivity index (χ2n) is 14.0. The van der Waals surface area contributed by atoms with E-state index in [1.54, 1.807) is 0 Å². The Hall–Kier alpha value is -2.55. The van der Waals surface area contributed by atoms with E-state index in [0.717, 1.165) is 89.9 Å². The van der Waals surface area contributed by atoms with Gasteiger partial charge in [-0.2, -0.15) is 0 Å². The number of hydrogen-bond acceptors (Lipinski definition) is 3. The van der Waals surface area contributed by atoms with Gasteiger partial charge in [0.05, 0.1) is 0 Å². The van der Waals surface area contributed by atoms with Gasteiger partial charge in [0.25, 0.3) is 0 Å². The predicted octanol–water partition coefficient (Wildman–Crippen LogP) is 10.7. The third kappa shape index (κ3) is 10.8. The standard InChI is InChI=1S/C41H58O3/c1-3-5-7-9-40(43)37-25-21-35(22-26-37)33-17-11-31(12-18-33)15-29-39(42)30-16-32-13-19-34(20-14-32)36-23-27-38(28-24-36)41(44)10-8-6-4-2/h11-14,17-20,35-38H,3-10,15-16,21-30H2,1-2H3. The average molecular weight is 599 g/mol. The summed E-state index contributed by atoms with van der Waals surface area (Å²) in [6.45, 7) is 4.38. The highest BCUT2D eigenvalue weighted by molar-refractivity contribution is 5.81. The summed E-state index contributed by atoms with van der Waals surface area (Å²) in [6, 6.07) is 17.9. The highest BCUT2D eigenvalue weighted by Gasteiger charge is 2.27. The van der Waals surface area contributed by atoms with E-state index in [0.29, 0.717) is 42.0 Å². The zero-order valence-corrected chi connectivity index (χ0v) is 27.8. The molecule has 0 atom stereocenters. The molecule has 4 rings (SSSR count). The Labute approximate surface area is 268 Å². The summed E-state index contributed by atoms with van der Waals surface area (Å²) in [5, 5.41) is 0. The van der Waals surface area contributed by atoms with Gasteiger partial charge in [0.15, 0.2) is 0 Å². The summed E-state index contributed by atoms with van der Waals surface area (Å²) in [6.07, 6.45) is 19.8. The number of Topliss-reactive ketones (excluding diaryl/α,β-unsaturated/α-hetero) is 3. The molecule has 0 spiro atoms. The molecule has 0 radical (unpaired) electrons. The second-order valence-corrected chi connectivity index (χ2v) is 14.0. The highest BCUT2D eigenvalue weighted by atomic mass is 16.1. The minimum atomic E-state index is 0.286. The van der Waals surface area contributed by atoms with E-state index >= 15 is 0 Å². The highest BCUT2D eigenvalue weighted by Crippen LogP contribution is 2.38. The van der Waals surface area contributed by atoms with Crippen LogP contribution in [-0.4, -0.2) is 17.3 Å². The van der Waals surface area contributed by atoms with Crippen LogP contribution in [0.2, 0.25) is 0 Å². The minimum Gasteiger partial charge on any atom is -0.300 e. The first kappa shape index (κ1) is 34.3. The number of ketones is 3. The van der Waals surface area contributed by atoms with Crippen LogP contribution in [0.1, 0.15) is 164 Å². The number of carbonyl (C=O) groups excluding carboxylic acids is 3. The largest absolute Gasteiger partial charge is 0.300 e. The maximum absolute atomic E-state index is 12.7. The van der Waals surface area contributed by atoms with Crippen LogP contribution in [0.3, 0.4) is 0 Å². The molecular formula is C41H58O3. The first-order valence-corrected chi connectivity index (χ1v) is 18.2. The van der Waals surface area contributed by atoms with Crippen LogP contribution in [-0.2, 0) is 27.2 Å². The zero-order chi connectivity index (χ0) is 31.1. The van der Waals surface area contributed by atoms with Gasteiger partial charge in [0.2, 0.25) is 0 Å². The van der Waals surface area contributed by atoms with Crippen LogP contribution in [0.5, 0.6) is 0 Å². The normalized spacial score (nSPS) is 22.0. The van der Waals surface area contributed by atoms with Crippen molar-refractivity contribution in [2.45, 2.75) is 154 Å². The van der Waals surface area contributed by atoms with E-state index in [2.05, 4.69) is 62.4 Å². The number of hydrogen-bond donors (Lipinski definition) is 0. The molecule has 0 amide bonds. The Kier molecular flexibility index (Phi) is 14.4. The van der Waals surface area contributed by atoms with Crippen molar-refractivity contribution in [3.05, 3.63) is 70.8 Å². The lowest BCUT2D eigenvalue weighted by atomic mass is 9.76. The summed E-state index contributed by atoms with van der Waals surface area (Å²) >= 11 is 0. The molecule has 0 unspecified atom stereocenters. The predicted molar refractivity (Wildman–Crippen MR) is 182 cm³/mol. The van der Waals surface area contributed by atoms with Gasteiger partial charge in [-0.15, -0.1) is 0 Å². The molecule has 0 aromatic heterocycles. The summed E-state index contributed by atoms with van der Waals surface area (Å²) in [5.74, 6) is 3.03. The maximum Gasteiger partial charge on any atom is 0.135 e. The lowest BCUT2D eigenvalue weighted by molar-refractivity contribution is -0.124. The van der Waals surface area contributed by atoms with Crippen LogP contribution in [0.15, 0.2) is 48.5 Å². The van der Waals surface area contributed by atoms with Crippen molar-refractivity contribution in [2.75, 3.05) is 0 Å². The molecule has 0 heterocycles. The van der Waals surface area contributed by atoms with Gasteiger partial charge in [-0.25, -0.2) is 0 Å². The Balaban J connectivity index is 1.12. The fourth-order valence-electron chi connectivity index (χ4n) is 7.61. The average Bonchev–Trinajstić information content (AvgIpc) is 3.07. The molecular weight excluding hydrogens is 540 g/mol. The molecule has 2 aliphatic rings. The van der Waals surface area contributed by atoms with Crippen LogP contribution < -0.4 is 0 Å². The number of unbranched alkanes of at least 4 members (excludes halogenated alkanes) is 4. The number of benzene rings is 2. The Morgan fingerprint density at radius 1 is 0.500 bits per heavy atom. The van der Waals surface area contributed by atoms with Gasteiger partial charge >= 0.3 is 0 Å². The summed E-state index contributed by atoms with van der Waals surface area (Å²) < 4.78 is 0. The third-order valence-corrected chi connectivity index (χ3v) is 10.7. The molecule has 240 valence electrons. The zero-order valence-electron chi connectivity index (χ0n) is 27.8. The lowest BCUT2D eigenvalue weighted by Gasteiger charge is -2.28. The molecule has 0 aliphatic heterocycles. The molecule has 0 saturated heterocycles. The first-order chi connectivity index (χ1) is 21.5. The molecule has 3 heteroatoms. The van der Waals surface area contributed by atoms with Crippen LogP contribution in [0, 0.1) is 11.8 Å². The van der Waals surface area contributed by atoms with Gasteiger partial charge in [0, 0.05) is 37.5 Å². The molecule has 0 N–H and O–H groups in total. The number of rotatable bonds is 18. The van der Waals surface area contributed by atoms with Crippen molar-refractivity contribution in [3.63, 3.8) is 0 Å². The molecule has 0 bridgehead atoms. The van der Waals surface area contributed by atoms with Crippen molar-refractivity contribution in [1.82, 2.24) is 0 Å². The summed E-state index contributed by atoms with van der Waals surface area (Å²) in [5.41, 5.74) is 5.26. The molecule has 2 fully saturated rings. The van der Waals surface area contributed by atoms with Gasteiger partial charge in [-0.1, -0.05) is 88.1 Å². The maximum atomic E-state index is 12.7. The Morgan fingerprint density at radius 2 is 0.864 bits per heavy atom. The topological polar surface area (TPSA) is 51.2 Å². The van der Waals surface area contributed by atoms with Gasteiger partial charge in [0.1, 0.15) is 17.3 Å². The first-order valence-electron chi connectivity index (χ1n) is 18.2. The fourth-order valence-corrected chi connectivity index (χ4v) is 7.61. The van der Waals surface area contributed by atoms with Crippen molar-refractivity contribution in [3.8, 4) is 0 Å². The molecule has 2 aromatic rings. The molecule has 3 nitrogen and oxygen atoms in total. The Bertz CT molecular complexity index is 1050. The van der Waals surface area contributed by atoms with Crippen LogP contribution in [0.4, 0.5) is 0 Å². The number of carbonyl (C=O) groups is 3. The molecule has 2 aromatic carbocycles. The molecule has 2 aliphatic carbocycles. The van der Waals surface area contributed by atoms with Gasteiger partial charge in [-0.05, 0) is 111 Å². The second kappa shape index (κ2) is 18.4. The van der Waals surface area contributed by atoms with E-state index in [1.165, 1.54) is 47.9 Å². The molecule has 2 saturated carbocycles. The van der Waals surface area contributed by atoms with Crippen molar-refractivity contribution >= 4 is 17.3 Å². The third-order valence-electron chi connectivity index (χ3n) is 10.7. The van der Waals surface area contributed by atoms with E-state index in [9.17, 15) is 14.4 Å². The molecule has 44 heavy (non-hydrogen) atoms.